The first-order valence-electron chi connectivity index (χ1n) is 8.30. The Hall–Kier alpha value is -4.20. The summed E-state index contributed by atoms with van der Waals surface area (Å²) >= 11 is 0. The minimum Gasteiger partial charge on any atom is -0.258 e. The van der Waals surface area contributed by atoms with Crippen molar-refractivity contribution in [1.29, 1.82) is 0 Å². The molecule has 0 saturated carbocycles. The molecule has 1 aromatic heterocycles. The summed E-state index contributed by atoms with van der Waals surface area (Å²) in [6, 6.07) is 20.0. The molecule has 0 aliphatic heterocycles. The van der Waals surface area contributed by atoms with Gasteiger partial charge in [0, 0.05) is 17.0 Å². The molecule has 0 aliphatic carbocycles. The van der Waals surface area contributed by atoms with E-state index in [1.165, 1.54) is 12.1 Å². The van der Waals surface area contributed by atoms with Crippen molar-refractivity contribution in [2.75, 3.05) is 0 Å². The van der Waals surface area contributed by atoms with Gasteiger partial charge in [-0.1, -0.05) is 48.5 Å². The van der Waals surface area contributed by atoms with Crippen LogP contribution in [0.25, 0.3) is 33.5 Å². The maximum atomic E-state index is 11.6. The van der Waals surface area contributed by atoms with E-state index in [0.29, 0.717) is 22.4 Å². The summed E-state index contributed by atoms with van der Waals surface area (Å²) in [6.07, 6.45) is 0. The molecular weight excluding hydrogens is 360 g/mol. The molecular formula is C20H12N4O4. The molecule has 0 spiro atoms. The second-order valence-electron chi connectivity index (χ2n) is 5.99. The lowest BCUT2D eigenvalue weighted by atomic mass is 10.0. The number of nitrogens with zero attached hydrogens (tertiary/aromatic N) is 4. The van der Waals surface area contributed by atoms with Crippen LogP contribution in [-0.2, 0) is 0 Å². The van der Waals surface area contributed by atoms with Gasteiger partial charge in [0.25, 0.3) is 11.4 Å². The molecule has 0 bridgehead atoms. The molecule has 0 amide bonds. The standard InChI is InChI=1S/C20H12N4O4/c25-23(26)14-10-11-16(18(12-14)24(27)28)19-15-8-4-5-9-17(15)21-20(22-19)13-6-2-1-3-7-13/h1-12H. The summed E-state index contributed by atoms with van der Waals surface area (Å²) < 4.78 is 0. The number of fused-ring (bicyclic) bond motifs is 1. The fraction of sp³-hybridized carbons (Fsp3) is 0. The van der Waals surface area contributed by atoms with Crippen LogP contribution >= 0.6 is 0 Å². The van der Waals surface area contributed by atoms with E-state index in [4.69, 9.17) is 0 Å². The van der Waals surface area contributed by atoms with E-state index in [1.807, 2.05) is 36.4 Å². The van der Waals surface area contributed by atoms with Crippen LogP contribution in [-0.4, -0.2) is 19.8 Å². The van der Waals surface area contributed by atoms with Crippen LogP contribution in [0.1, 0.15) is 0 Å². The van der Waals surface area contributed by atoms with Gasteiger partial charge in [0.15, 0.2) is 5.82 Å². The summed E-state index contributed by atoms with van der Waals surface area (Å²) in [4.78, 5) is 30.5. The summed E-state index contributed by atoms with van der Waals surface area (Å²) in [5.74, 6) is 0.418. The van der Waals surface area contributed by atoms with Gasteiger partial charge in [0.2, 0.25) is 0 Å². The highest BCUT2D eigenvalue weighted by molar-refractivity contribution is 5.96. The second kappa shape index (κ2) is 6.84. The number of hydrogen-bond donors (Lipinski definition) is 0. The number of benzene rings is 3. The van der Waals surface area contributed by atoms with E-state index >= 15 is 0 Å². The Morgan fingerprint density at radius 3 is 2.18 bits per heavy atom. The molecule has 28 heavy (non-hydrogen) atoms. The van der Waals surface area contributed by atoms with Crippen LogP contribution in [0.15, 0.2) is 72.8 Å². The van der Waals surface area contributed by atoms with E-state index in [0.717, 1.165) is 11.6 Å². The molecule has 4 aromatic rings. The van der Waals surface area contributed by atoms with E-state index in [-0.39, 0.29) is 16.9 Å². The largest absolute Gasteiger partial charge is 0.285 e. The zero-order valence-electron chi connectivity index (χ0n) is 14.4. The summed E-state index contributed by atoms with van der Waals surface area (Å²) in [7, 11) is 0. The number of non-ortho nitro benzene ring substituents is 1. The van der Waals surface area contributed by atoms with Crippen LogP contribution in [0.3, 0.4) is 0 Å². The molecule has 4 rings (SSSR count). The summed E-state index contributed by atoms with van der Waals surface area (Å²) in [5.41, 5.74) is 1.21. The highest BCUT2D eigenvalue weighted by Gasteiger charge is 2.23. The highest BCUT2D eigenvalue weighted by atomic mass is 16.6. The van der Waals surface area contributed by atoms with Gasteiger partial charge in [-0.2, -0.15) is 0 Å². The minimum atomic E-state index is -0.662. The van der Waals surface area contributed by atoms with Gasteiger partial charge in [-0.3, -0.25) is 20.2 Å². The molecule has 8 nitrogen and oxygen atoms in total. The lowest BCUT2D eigenvalue weighted by Gasteiger charge is -2.09. The zero-order valence-corrected chi connectivity index (χ0v) is 14.4. The quantitative estimate of drug-likeness (QED) is 0.376. The van der Waals surface area contributed by atoms with Crippen molar-refractivity contribution < 1.29 is 9.85 Å². The SMILES string of the molecule is O=[N+]([O-])c1ccc(-c2nc(-c3ccccc3)nc3ccccc23)c([N+](=O)[O-])c1. The Morgan fingerprint density at radius 1 is 0.750 bits per heavy atom. The van der Waals surface area contributed by atoms with Gasteiger partial charge in [-0.15, -0.1) is 0 Å². The van der Waals surface area contributed by atoms with Crippen molar-refractivity contribution in [3.8, 4) is 22.6 Å². The Labute approximate surface area is 158 Å². The third kappa shape index (κ3) is 3.03. The van der Waals surface area contributed by atoms with Crippen LogP contribution in [0.5, 0.6) is 0 Å². The third-order valence-corrected chi connectivity index (χ3v) is 4.28. The predicted molar refractivity (Wildman–Crippen MR) is 104 cm³/mol. The highest BCUT2D eigenvalue weighted by Crippen LogP contribution is 2.36. The summed E-state index contributed by atoms with van der Waals surface area (Å²) in [5, 5.41) is 23.3. The maximum absolute atomic E-state index is 11.6. The molecule has 0 atom stereocenters. The van der Waals surface area contributed by atoms with Gasteiger partial charge in [-0.25, -0.2) is 9.97 Å². The number of rotatable bonds is 4. The van der Waals surface area contributed by atoms with E-state index in [9.17, 15) is 20.2 Å². The first-order valence-corrected chi connectivity index (χ1v) is 8.30. The maximum Gasteiger partial charge on any atom is 0.285 e. The Kier molecular flexibility index (Phi) is 4.21. The van der Waals surface area contributed by atoms with E-state index in [1.54, 1.807) is 18.2 Å². The minimum absolute atomic E-state index is 0.200. The molecule has 0 saturated heterocycles. The number of para-hydroxylation sites is 1. The lowest BCUT2D eigenvalue weighted by molar-refractivity contribution is -0.393. The smallest absolute Gasteiger partial charge is 0.258 e. The van der Waals surface area contributed by atoms with Crippen LogP contribution in [0, 0.1) is 20.2 Å². The van der Waals surface area contributed by atoms with Gasteiger partial charge in [0.1, 0.15) is 0 Å². The third-order valence-electron chi connectivity index (χ3n) is 4.28. The normalized spacial score (nSPS) is 10.7. The van der Waals surface area contributed by atoms with E-state index in [2.05, 4.69) is 9.97 Å². The molecule has 0 radical (unpaired) electrons. The molecule has 136 valence electrons. The van der Waals surface area contributed by atoms with Crippen molar-refractivity contribution in [3.63, 3.8) is 0 Å². The fourth-order valence-electron chi connectivity index (χ4n) is 2.98. The molecule has 8 heteroatoms. The average molecular weight is 372 g/mol. The van der Waals surface area contributed by atoms with Crippen molar-refractivity contribution >= 4 is 22.3 Å². The van der Waals surface area contributed by atoms with Crippen molar-refractivity contribution in [3.05, 3.63) is 93.0 Å². The van der Waals surface area contributed by atoms with Gasteiger partial charge in [0.05, 0.1) is 32.7 Å². The first-order chi connectivity index (χ1) is 13.5. The molecule has 0 fully saturated rings. The number of hydrogen-bond acceptors (Lipinski definition) is 6. The number of nitro groups is 2. The summed E-state index contributed by atoms with van der Waals surface area (Å²) in [6.45, 7) is 0. The lowest BCUT2D eigenvalue weighted by Crippen LogP contribution is -1.99. The topological polar surface area (TPSA) is 112 Å². The average Bonchev–Trinajstić information content (AvgIpc) is 2.73. The fourth-order valence-corrected chi connectivity index (χ4v) is 2.98. The Balaban J connectivity index is 2.03. The molecule has 3 aromatic carbocycles. The second-order valence-corrected chi connectivity index (χ2v) is 5.99. The van der Waals surface area contributed by atoms with Crippen molar-refractivity contribution in [2.45, 2.75) is 0 Å². The van der Waals surface area contributed by atoms with Crippen LogP contribution in [0.4, 0.5) is 11.4 Å². The number of nitro benzene ring substituents is 2. The number of aromatic nitrogens is 2. The predicted octanol–water partition coefficient (Wildman–Crippen LogP) is 4.78. The van der Waals surface area contributed by atoms with E-state index < -0.39 is 9.85 Å². The van der Waals surface area contributed by atoms with Crippen LogP contribution < -0.4 is 0 Å². The van der Waals surface area contributed by atoms with Crippen molar-refractivity contribution in [2.24, 2.45) is 0 Å². The van der Waals surface area contributed by atoms with Crippen LogP contribution in [0.2, 0.25) is 0 Å². The van der Waals surface area contributed by atoms with Gasteiger partial charge in [-0.05, 0) is 12.1 Å². The van der Waals surface area contributed by atoms with Gasteiger partial charge >= 0.3 is 0 Å². The van der Waals surface area contributed by atoms with Gasteiger partial charge < -0.3 is 0 Å². The zero-order chi connectivity index (χ0) is 19.7. The molecule has 0 aliphatic rings. The molecule has 0 unspecified atom stereocenters. The monoisotopic (exact) mass is 372 g/mol. The Bertz CT molecular complexity index is 1230. The molecule has 0 N–H and O–H groups in total. The first kappa shape index (κ1) is 17.2. The van der Waals surface area contributed by atoms with Crippen molar-refractivity contribution in [1.82, 2.24) is 9.97 Å². The molecule has 1 heterocycles. The Morgan fingerprint density at radius 2 is 1.46 bits per heavy atom.